The van der Waals surface area contributed by atoms with E-state index in [1.165, 1.54) is 0 Å². The van der Waals surface area contributed by atoms with Crippen molar-refractivity contribution in [3.05, 3.63) is 0 Å². The van der Waals surface area contributed by atoms with E-state index >= 15 is 0 Å². The number of nitrogens with one attached hydrogen (secondary N) is 4. The van der Waals surface area contributed by atoms with Gasteiger partial charge in [0.15, 0.2) is 44.0 Å². The molecule has 7 saturated heterocycles. The molecule has 652 valence electrons. The molecule has 7 heterocycles. The number of aliphatic hydroxyl groups is 19. The van der Waals surface area contributed by atoms with Crippen LogP contribution >= 0.6 is 0 Å². The van der Waals surface area contributed by atoms with Gasteiger partial charge in [-0.3, -0.25) is 32.8 Å². The van der Waals surface area contributed by atoms with Crippen molar-refractivity contribution in [2.75, 3.05) is 52.9 Å². The van der Waals surface area contributed by atoms with Crippen LogP contribution in [0.4, 0.5) is 0 Å². The van der Waals surface area contributed by atoms with Crippen LogP contribution in [-0.4, -0.2) is 452 Å². The van der Waals surface area contributed by atoms with Gasteiger partial charge >= 0.3 is 31.2 Å². The van der Waals surface area contributed by atoms with Crippen LogP contribution in [0, 0.1) is 0 Å². The highest BCUT2D eigenvalue weighted by Crippen LogP contribution is 2.39. The van der Waals surface area contributed by atoms with Crippen molar-refractivity contribution in [3.8, 4) is 0 Å². The third-order valence-electron chi connectivity index (χ3n) is 18.5. The normalized spacial score (nSPS) is 42.2. The average Bonchev–Trinajstić information content (AvgIpc) is 0.804. The van der Waals surface area contributed by atoms with Crippen molar-refractivity contribution in [2.24, 2.45) is 0 Å². The van der Waals surface area contributed by atoms with Gasteiger partial charge in [0.1, 0.15) is 183 Å². The number of amides is 4. The largest absolute Gasteiger partial charge is 0.397 e. The van der Waals surface area contributed by atoms with Crippen LogP contribution in [0.3, 0.4) is 0 Å². The van der Waals surface area contributed by atoms with Gasteiger partial charge < -0.3 is 185 Å². The van der Waals surface area contributed by atoms with Gasteiger partial charge in [-0.1, -0.05) is 0 Å². The second-order valence-corrected chi connectivity index (χ2v) is 30.0. The second kappa shape index (κ2) is 40.8. The van der Waals surface area contributed by atoms with Gasteiger partial charge in [0.05, 0.1) is 65.0 Å². The number of ether oxygens (including phenoxy) is 14. The van der Waals surface area contributed by atoms with E-state index in [-0.39, 0.29) is 0 Å². The van der Waals surface area contributed by atoms with Gasteiger partial charge in [-0.05, 0) is 6.92 Å². The van der Waals surface area contributed by atoms with Crippen molar-refractivity contribution in [1.29, 1.82) is 0 Å². The van der Waals surface area contributed by atoms with Crippen molar-refractivity contribution >= 4 is 54.8 Å². The number of rotatable bonds is 35. The Kier molecular flexibility index (Phi) is 34.7. The first-order valence-corrected chi connectivity index (χ1v) is 37.9. The highest BCUT2D eigenvalue weighted by atomic mass is 32.3. The summed E-state index contributed by atoms with van der Waals surface area (Å²) in [6.45, 7) is -5.70. The molecule has 7 fully saturated rings. The lowest BCUT2D eigenvalue weighted by molar-refractivity contribution is -0.394. The van der Waals surface area contributed by atoms with E-state index in [1.807, 2.05) is 0 Å². The van der Waals surface area contributed by atoms with Crippen molar-refractivity contribution in [3.63, 3.8) is 0 Å². The summed E-state index contributed by atoms with van der Waals surface area (Å²) in [6, 6.07) is -8.03. The topological polar surface area (TPSA) is 821 Å². The Morgan fingerprint density at radius 3 is 1.21 bits per heavy atom. The molecule has 0 aliphatic carbocycles. The molecule has 53 nitrogen and oxygen atoms in total. The molecule has 0 radical (unpaired) electrons. The van der Waals surface area contributed by atoms with Crippen LogP contribution in [0.1, 0.15) is 34.6 Å². The van der Waals surface area contributed by atoms with Crippen molar-refractivity contribution < 1.29 is 234 Å². The van der Waals surface area contributed by atoms with Gasteiger partial charge in [0.25, 0.3) is 0 Å². The molecule has 0 aromatic rings. The Hall–Kier alpha value is -3.83. The zero-order valence-corrected chi connectivity index (χ0v) is 61.7. The van der Waals surface area contributed by atoms with Crippen LogP contribution < -0.4 is 21.3 Å². The number of hydrogen-bond donors (Lipinski definition) is 26. The fourth-order valence-corrected chi connectivity index (χ4v) is 13.9. The van der Waals surface area contributed by atoms with E-state index in [9.17, 15) is 155 Å². The maximum Gasteiger partial charge on any atom is 0.397 e. The Bertz CT molecular complexity index is 3390. The molecular formula is C56H96N4O49S3. The van der Waals surface area contributed by atoms with Gasteiger partial charge in [-0.25, -0.2) is 12.5 Å². The Labute approximate surface area is 634 Å². The summed E-state index contributed by atoms with van der Waals surface area (Å²) < 4.78 is 197. The fraction of sp³-hybridized carbons (Fsp3) is 0.929. The predicted octanol–water partition coefficient (Wildman–Crippen LogP) is -17.7. The van der Waals surface area contributed by atoms with Crippen LogP contribution in [-0.2, 0) is 129 Å². The number of carbonyl (C=O) groups is 4. The lowest BCUT2D eigenvalue weighted by Gasteiger charge is -2.52. The Morgan fingerprint density at radius 2 is 0.741 bits per heavy atom. The molecule has 7 aliphatic heterocycles. The minimum absolute atomic E-state index is 0.801. The molecule has 0 aromatic heterocycles. The molecule has 7 aliphatic rings. The second-order valence-electron chi connectivity index (χ2n) is 26.7. The van der Waals surface area contributed by atoms with Gasteiger partial charge in [-0.15, -0.1) is 0 Å². The van der Waals surface area contributed by atoms with E-state index in [0.717, 1.165) is 34.6 Å². The van der Waals surface area contributed by atoms with Crippen molar-refractivity contribution in [1.82, 2.24) is 21.3 Å². The lowest BCUT2D eigenvalue weighted by atomic mass is 9.93. The quantitative estimate of drug-likeness (QED) is 0.0262. The van der Waals surface area contributed by atoms with Crippen LogP contribution in [0.25, 0.3) is 0 Å². The standard InChI is InChI=1S/C56H96N4O49S3/c1-14-30(70)38(78)40(80)53(97-14)107-47-29(60-18(5)68)52(103-26(13-96-112(90,91)92)46(47)106-56-43(83)48(34(74)23(9-64)100-56)108-51-27(58-16(3)66)36(76)33(73)24(101-51)11-94-110(84,85)86)109-49-35(75)22(8-63)99-55(42(49)82)105-45-25(12-95-111(87,88)89)102-50(28(37(45)77)59-17(4)67)93-10-20(69)31(71)44(19(6-61)57-15(2)65)104-54-41(81)39(79)32(72)21(7-62)98-54/h14,19-56,61-64,69-83H,6-13H2,1-5H3,(H,57,65)(H,58,66)(H,59,67)(H,60,68)(H,84,85,86)(H,87,88,89)(H,90,91,92)/t14-,19-,20+,21+,22+,23+,24+,25+,26+,27+,28+,29+,30+,31-,32-,33+,34-,35-,36+,37+,38+,39-,40-,41+,42+,43+,44+,45+,46+,47+,48-,49-,50+,51-,52-,53-,54-,55-,56-/m0/s1. The highest BCUT2D eigenvalue weighted by molar-refractivity contribution is 7.81. The first-order chi connectivity index (χ1) is 52.1. The molecule has 0 spiro atoms. The fourth-order valence-electron chi connectivity index (χ4n) is 13.0. The molecule has 26 N–H and O–H groups in total. The SMILES string of the molecule is CC(=O)N[C@H]1[C@H](OC[C@@H](O)[C@H](O)[C@H](O[C@@H]2O[C@H](CO)[C@H](O)[C@H](O)[C@H]2O)[C@H](CO)NC(C)=O)O[C@H](COS(=O)(=O)O)[C@@H](O[C@@H]2O[C@H](CO)[C@H](O)[C@H](O[C@@H]3O[C@H](COS(=O)(=O)O)[C@@H](O[C@@H]4O[C@H](CO)[C@H](O)[C@H](O[C@@H]5O[C@H](COS(=O)(=O)O)[C@@H](O)[C@H](O)[C@H]5NC(C)=O)[C@H]4O)[C@H](O[C@@H]4O[C@@H](C)[C@@H](O)[C@@H](O)[C@@H]4O)[C@H]3NC(C)=O)[C@H]2O)[C@@H]1O. The summed E-state index contributed by atoms with van der Waals surface area (Å²) in [5.41, 5.74) is 0. The molecule has 0 bridgehead atoms. The van der Waals surface area contributed by atoms with E-state index in [1.54, 1.807) is 0 Å². The first kappa shape index (κ1) is 95.3. The first-order valence-electron chi connectivity index (χ1n) is 33.9. The Balaban J connectivity index is 1.24. The van der Waals surface area contributed by atoms with E-state index in [4.69, 9.17) is 66.3 Å². The van der Waals surface area contributed by atoms with Crippen LogP contribution in [0.2, 0.25) is 0 Å². The van der Waals surface area contributed by atoms with Crippen LogP contribution in [0.5, 0.6) is 0 Å². The number of hydrogen-bond acceptors (Lipinski definition) is 46. The third-order valence-corrected chi connectivity index (χ3v) is 19.8. The summed E-state index contributed by atoms with van der Waals surface area (Å²) in [4.78, 5) is 51.1. The number of aliphatic hydroxyl groups excluding tert-OH is 19. The van der Waals surface area contributed by atoms with E-state index in [0.29, 0.717) is 0 Å². The van der Waals surface area contributed by atoms with Gasteiger partial charge in [0, 0.05) is 27.7 Å². The van der Waals surface area contributed by atoms with Crippen molar-refractivity contribution in [2.45, 2.75) is 274 Å². The zero-order valence-electron chi connectivity index (χ0n) is 59.3. The minimum Gasteiger partial charge on any atom is -0.394 e. The minimum atomic E-state index is -5.69. The monoisotopic (exact) mass is 1700 g/mol. The van der Waals surface area contributed by atoms with Crippen LogP contribution in [0.15, 0.2) is 0 Å². The summed E-state index contributed by atoms with van der Waals surface area (Å²) in [6.07, 6.45) is -78.8. The smallest absolute Gasteiger partial charge is 0.394 e. The maximum atomic E-state index is 13.5. The molecule has 112 heavy (non-hydrogen) atoms. The molecular weight excluding hydrogens is 1610 g/mol. The molecule has 0 unspecified atom stereocenters. The molecule has 0 aromatic carbocycles. The summed E-state index contributed by atoms with van der Waals surface area (Å²) in [7, 11) is -16.6. The third kappa shape index (κ3) is 24.4. The molecule has 56 heteroatoms. The molecule has 39 atom stereocenters. The van der Waals surface area contributed by atoms with E-state index in [2.05, 4.69) is 33.8 Å². The van der Waals surface area contributed by atoms with Gasteiger partial charge in [-0.2, -0.15) is 25.3 Å². The average molecular weight is 1710 g/mol. The highest BCUT2D eigenvalue weighted by Gasteiger charge is 2.60. The molecule has 7 rings (SSSR count). The summed E-state index contributed by atoms with van der Waals surface area (Å²) in [5.74, 6) is -4.08. The summed E-state index contributed by atoms with van der Waals surface area (Å²) in [5, 5.41) is 220. The molecule has 0 saturated carbocycles. The summed E-state index contributed by atoms with van der Waals surface area (Å²) >= 11 is 0. The van der Waals surface area contributed by atoms with E-state index < -0.39 is 347 Å². The maximum absolute atomic E-state index is 13.5. The lowest BCUT2D eigenvalue weighted by Crippen LogP contribution is -2.72. The molecule has 4 amide bonds. The zero-order chi connectivity index (χ0) is 83.8. The number of carbonyl (C=O) groups excluding carboxylic acids is 4. The Morgan fingerprint density at radius 1 is 0.375 bits per heavy atom. The van der Waals surface area contributed by atoms with Gasteiger partial charge in [0.2, 0.25) is 23.6 Å². The predicted molar refractivity (Wildman–Crippen MR) is 343 cm³/mol.